The van der Waals surface area contributed by atoms with E-state index < -0.39 is 5.97 Å². The van der Waals surface area contributed by atoms with Crippen molar-refractivity contribution < 1.29 is 29.0 Å². The van der Waals surface area contributed by atoms with Crippen LogP contribution in [-0.4, -0.2) is 93.9 Å². The molecule has 6 rings (SSSR count). The van der Waals surface area contributed by atoms with Crippen molar-refractivity contribution in [2.75, 3.05) is 31.6 Å². The number of amides is 2. The molecule has 12 heteroatoms. The highest BCUT2D eigenvalue weighted by molar-refractivity contribution is 6.36. The molecule has 3 heterocycles. The topological polar surface area (TPSA) is 113 Å². The number of para-hydroxylation sites is 1. The van der Waals surface area contributed by atoms with Crippen LogP contribution in [0.2, 0.25) is 10.0 Å². The molecule has 0 unspecified atom stereocenters. The second kappa shape index (κ2) is 14.8. The zero-order valence-electron chi connectivity index (χ0n) is 27.7. The molecule has 2 aromatic carbocycles. The highest BCUT2D eigenvalue weighted by Crippen LogP contribution is 2.33. The van der Waals surface area contributed by atoms with E-state index in [9.17, 15) is 19.5 Å². The number of hydrogen-bond donors (Lipinski definition) is 2. The monoisotopic (exact) mass is 698 g/mol. The molecular weight excluding hydrogens is 655 g/mol. The van der Waals surface area contributed by atoms with E-state index in [-0.39, 0.29) is 54.5 Å². The lowest BCUT2D eigenvalue weighted by molar-refractivity contribution is -0.144. The van der Waals surface area contributed by atoms with Gasteiger partial charge < -0.3 is 29.4 Å². The first-order chi connectivity index (χ1) is 23.0. The third kappa shape index (κ3) is 7.68. The van der Waals surface area contributed by atoms with Gasteiger partial charge >= 0.3 is 5.97 Å². The van der Waals surface area contributed by atoms with Crippen molar-refractivity contribution >= 4 is 57.6 Å². The van der Waals surface area contributed by atoms with Crippen LogP contribution in [-0.2, 0) is 32.5 Å². The van der Waals surface area contributed by atoms with Crippen LogP contribution >= 0.6 is 23.2 Å². The Kier molecular flexibility index (Phi) is 10.7. The van der Waals surface area contributed by atoms with Crippen LogP contribution in [0.4, 0.5) is 5.69 Å². The summed E-state index contributed by atoms with van der Waals surface area (Å²) in [6, 6.07) is 11.0. The fourth-order valence-electron chi connectivity index (χ4n) is 7.66. The van der Waals surface area contributed by atoms with Crippen LogP contribution < -0.4 is 5.32 Å². The fraction of sp³-hybridized carbons (Fsp3) is 0.528. The van der Waals surface area contributed by atoms with E-state index in [1.165, 1.54) is 0 Å². The number of benzene rings is 2. The Bertz CT molecular complexity index is 1660. The van der Waals surface area contributed by atoms with Crippen molar-refractivity contribution in [2.45, 2.75) is 82.8 Å². The van der Waals surface area contributed by atoms with Gasteiger partial charge in [-0.15, -0.1) is 0 Å². The Morgan fingerprint density at radius 1 is 1.00 bits per heavy atom. The number of aryl methyl sites for hydroxylation is 1. The van der Waals surface area contributed by atoms with Crippen molar-refractivity contribution in [1.82, 2.24) is 14.4 Å². The number of carboxylic acid groups (broad SMARTS) is 1. The zero-order chi connectivity index (χ0) is 34.1. The maximum Gasteiger partial charge on any atom is 0.306 e. The molecule has 3 aliphatic rings. The smallest absolute Gasteiger partial charge is 0.306 e. The molecule has 2 N–H and O–H groups in total. The Morgan fingerprint density at radius 2 is 1.71 bits per heavy atom. The summed E-state index contributed by atoms with van der Waals surface area (Å²) in [5.41, 5.74) is 2.42. The third-order valence-corrected chi connectivity index (χ3v) is 10.8. The van der Waals surface area contributed by atoms with Crippen molar-refractivity contribution in [1.29, 1.82) is 0 Å². The molecule has 2 amide bonds. The number of halogens is 2. The largest absolute Gasteiger partial charge is 0.481 e. The molecule has 3 fully saturated rings. The van der Waals surface area contributed by atoms with Gasteiger partial charge in [0.15, 0.2) is 0 Å². The SMILES string of the molecule is C[C@@H]1CN([C@H]2C[C@@H](CO[C@H]3CC[C@H](C(=O)O)CC3)N(C(=O)Cc3cc(Cl)c(NC(=O)c4cn(C)c5ccccc45)cc3Cl)C2)C[C@H](C)O1. The maximum atomic E-state index is 14.0. The van der Waals surface area contributed by atoms with Crippen molar-refractivity contribution in [2.24, 2.45) is 13.0 Å². The molecule has 48 heavy (non-hydrogen) atoms. The standard InChI is InChI=1S/C36H44Cl2N4O6/c1-21-16-41(17-22(2)48-21)25-14-26(20-47-27-10-8-23(9-11-27)36(45)46)42(18-25)34(43)13-24-12-31(38)32(15-30(24)37)39-35(44)29-19-40(3)33-7-5-4-6-28(29)33/h4-7,12,15,19,21-23,25-27H,8-11,13-14,16-18,20H2,1-3H3,(H,39,44)(H,45,46)/t21-,22+,23-,25-,26-,27-/m0/s1. The Morgan fingerprint density at radius 3 is 2.42 bits per heavy atom. The summed E-state index contributed by atoms with van der Waals surface area (Å²) in [5.74, 6) is -1.42. The first-order valence-corrected chi connectivity index (χ1v) is 17.6. The van der Waals surface area contributed by atoms with E-state index in [1.54, 1.807) is 18.3 Å². The van der Waals surface area contributed by atoms with E-state index in [4.69, 9.17) is 32.7 Å². The van der Waals surface area contributed by atoms with Crippen LogP contribution in [0.15, 0.2) is 42.6 Å². The number of carbonyl (C=O) groups excluding carboxylic acids is 2. The summed E-state index contributed by atoms with van der Waals surface area (Å²) < 4.78 is 14.2. The van der Waals surface area contributed by atoms with Crippen LogP contribution in [0.3, 0.4) is 0 Å². The van der Waals surface area contributed by atoms with Crippen LogP contribution in [0, 0.1) is 5.92 Å². The van der Waals surface area contributed by atoms with Gasteiger partial charge in [-0.05, 0) is 69.7 Å². The molecule has 258 valence electrons. The minimum atomic E-state index is -0.739. The first-order valence-electron chi connectivity index (χ1n) is 16.8. The van der Waals surface area contributed by atoms with Gasteiger partial charge in [-0.2, -0.15) is 0 Å². The molecule has 2 aliphatic heterocycles. The number of nitrogens with one attached hydrogen (secondary N) is 1. The Hall–Kier alpha value is -3.15. The summed E-state index contributed by atoms with van der Waals surface area (Å²) in [4.78, 5) is 43.0. The zero-order valence-corrected chi connectivity index (χ0v) is 29.2. The van der Waals surface area contributed by atoms with E-state index in [1.807, 2.05) is 40.8 Å². The van der Waals surface area contributed by atoms with E-state index in [0.29, 0.717) is 65.7 Å². The Labute approximate surface area is 291 Å². The second-order valence-corrected chi connectivity index (χ2v) is 14.5. The third-order valence-electron chi connectivity index (χ3n) is 10.1. The number of aromatic nitrogens is 1. The lowest BCUT2D eigenvalue weighted by Gasteiger charge is -2.38. The normalized spacial score (nSPS) is 26.6. The van der Waals surface area contributed by atoms with Gasteiger partial charge in [0.1, 0.15) is 0 Å². The van der Waals surface area contributed by atoms with Gasteiger partial charge in [0.05, 0.1) is 59.6 Å². The van der Waals surface area contributed by atoms with E-state index in [2.05, 4.69) is 24.1 Å². The minimum absolute atomic E-state index is 0.00934. The van der Waals surface area contributed by atoms with Gasteiger partial charge in [-0.1, -0.05) is 41.4 Å². The number of carbonyl (C=O) groups is 3. The average molecular weight is 700 g/mol. The number of rotatable bonds is 9. The summed E-state index contributed by atoms with van der Waals surface area (Å²) in [5, 5.41) is 13.7. The molecule has 4 atom stereocenters. The number of fused-ring (bicyclic) bond motifs is 1. The lowest BCUT2D eigenvalue weighted by Crippen LogP contribution is -2.51. The number of anilines is 1. The van der Waals surface area contributed by atoms with E-state index >= 15 is 0 Å². The lowest BCUT2D eigenvalue weighted by atomic mass is 9.87. The highest BCUT2D eigenvalue weighted by atomic mass is 35.5. The molecule has 1 aromatic heterocycles. The molecule has 2 saturated heterocycles. The number of ether oxygens (including phenoxy) is 2. The van der Waals surface area contributed by atoms with E-state index in [0.717, 1.165) is 30.4 Å². The van der Waals surface area contributed by atoms with Gasteiger partial charge in [-0.3, -0.25) is 19.3 Å². The Balaban J connectivity index is 1.14. The minimum Gasteiger partial charge on any atom is -0.481 e. The number of morpholine rings is 1. The number of hydrogen-bond acceptors (Lipinski definition) is 6. The van der Waals surface area contributed by atoms with Crippen LogP contribution in [0.25, 0.3) is 10.9 Å². The molecular formula is C36H44Cl2N4O6. The van der Waals surface area contributed by atoms with Gasteiger partial charge in [-0.25, -0.2) is 0 Å². The number of nitrogens with zero attached hydrogens (tertiary/aromatic N) is 3. The molecule has 1 saturated carbocycles. The van der Waals surface area contributed by atoms with Crippen LogP contribution in [0.5, 0.6) is 0 Å². The summed E-state index contributed by atoms with van der Waals surface area (Å²) >= 11 is 13.4. The van der Waals surface area contributed by atoms with Crippen molar-refractivity contribution in [3.63, 3.8) is 0 Å². The molecule has 0 spiro atoms. The number of likely N-dealkylation sites (tertiary alicyclic amines) is 1. The molecule has 1 aliphatic carbocycles. The quantitative estimate of drug-likeness (QED) is 0.281. The number of aliphatic carboxylic acids is 1. The molecule has 10 nitrogen and oxygen atoms in total. The molecule has 0 bridgehead atoms. The summed E-state index contributed by atoms with van der Waals surface area (Å²) in [6.07, 6.45) is 5.46. The maximum absolute atomic E-state index is 14.0. The van der Waals surface area contributed by atoms with Crippen molar-refractivity contribution in [3.05, 3.63) is 63.8 Å². The fourth-order valence-corrected chi connectivity index (χ4v) is 8.12. The van der Waals surface area contributed by atoms with Gasteiger partial charge in [0.2, 0.25) is 5.91 Å². The molecule has 3 aromatic rings. The second-order valence-electron chi connectivity index (χ2n) is 13.7. The summed E-state index contributed by atoms with van der Waals surface area (Å²) in [6.45, 7) is 6.73. The number of carboxylic acids is 1. The highest BCUT2D eigenvalue weighted by Gasteiger charge is 2.40. The predicted molar refractivity (Wildman–Crippen MR) is 186 cm³/mol. The first kappa shape index (κ1) is 34.7. The molecule has 0 radical (unpaired) electrons. The van der Waals surface area contributed by atoms with Crippen molar-refractivity contribution in [3.8, 4) is 0 Å². The summed E-state index contributed by atoms with van der Waals surface area (Å²) in [7, 11) is 1.89. The van der Waals surface area contributed by atoms with Gasteiger partial charge in [0, 0.05) is 54.8 Å². The predicted octanol–water partition coefficient (Wildman–Crippen LogP) is 6.02. The van der Waals surface area contributed by atoms with Crippen LogP contribution in [0.1, 0.15) is 61.9 Å². The average Bonchev–Trinajstić information content (AvgIpc) is 3.64. The van der Waals surface area contributed by atoms with Gasteiger partial charge in [0.25, 0.3) is 5.91 Å².